The number of hydrogen-bond donors (Lipinski definition) is 3. The topological polar surface area (TPSA) is 91.2 Å². The number of carbonyl (C=O) groups excluding carboxylic acids is 2. The third kappa shape index (κ3) is 4.09. The van der Waals surface area contributed by atoms with Crippen molar-refractivity contribution in [1.29, 1.82) is 0 Å². The Kier molecular flexibility index (Phi) is 5.35. The molecule has 2 heterocycles. The average molecular weight is 405 g/mol. The van der Waals surface area contributed by atoms with E-state index in [2.05, 4.69) is 22.4 Å². The molecule has 4 N–H and O–H groups in total. The zero-order valence-corrected chi connectivity index (χ0v) is 17.4. The van der Waals surface area contributed by atoms with Gasteiger partial charge in [-0.15, -0.1) is 0 Å². The first-order valence-corrected chi connectivity index (χ1v) is 10.3. The first-order valence-electron chi connectivity index (χ1n) is 10.3. The molecule has 0 fully saturated rings. The summed E-state index contributed by atoms with van der Waals surface area (Å²) in [5.74, 6) is -0.412. The van der Waals surface area contributed by atoms with Crippen molar-refractivity contribution in [2.75, 3.05) is 6.54 Å². The highest BCUT2D eigenvalue weighted by atomic mass is 16.2. The molecule has 6 heteroatoms. The van der Waals surface area contributed by atoms with Crippen LogP contribution in [0.25, 0.3) is 10.9 Å². The molecule has 2 amide bonds. The Hall–Kier alpha value is -3.12. The number of amides is 2. The minimum absolute atomic E-state index is 0.0765. The number of fused-ring (bicyclic) bond motifs is 2. The van der Waals surface area contributed by atoms with Gasteiger partial charge in [0.25, 0.3) is 0 Å². The molecule has 0 saturated heterocycles. The van der Waals surface area contributed by atoms with Crippen molar-refractivity contribution in [3.8, 4) is 0 Å². The number of nitrogens with one attached hydrogen (secondary N) is 2. The fourth-order valence-corrected chi connectivity index (χ4v) is 3.97. The maximum absolute atomic E-state index is 13.5. The van der Waals surface area contributed by atoms with E-state index < -0.39 is 11.6 Å². The van der Waals surface area contributed by atoms with Gasteiger partial charge in [0, 0.05) is 36.6 Å². The molecule has 156 valence electrons. The number of benzene rings is 2. The average Bonchev–Trinajstić information content (AvgIpc) is 3.14. The fourth-order valence-electron chi connectivity index (χ4n) is 3.97. The van der Waals surface area contributed by atoms with Crippen molar-refractivity contribution in [2.24, 2.45) is 5.73 Å². The fraction of sp³-hybridized carbons (Fsp3) is 0.333. The SMILES string of the molecule is CC(C)(N)C(=O)NC(Cc1c[nH]c2ccccc12)C(=O)N1CCc2ccccc2C1. The molecule has 0 radical (unpaired) electrons. The maximum atomic E-state index is 13.5. The van der Waals surface area contributed by atoms with Crippen LogP contribution < -0.4 is 11.1 Å². The van der Waals surface area contributed by atoms with Gasteiger partial charge in [0.1, 0.15) is 6.04 Å². The Morgan fingerprint density at radius 2 is 1.83 bits per heavy atom. The van der Waals surface area contributed by atoms with E-state index in [-0.39, 0.29) is 11.8 Å². The van der Waals surface area contributed by atoms with Crippen LogP contribution in [0.1, 0.15) is 30.5 Å². The number of aromatic nitrogens is 1. The van der Waals surface area contributed by atoms with Crippen LogP contribution in [-0.2, 0) is 29.0 Å². The summed E-state index contributed by atoms with van der Waals surface area (Å²) in [6, 6.07) is 15.5. The molecule has 0 bridgehead atoms. The minimum atomic E-state index is -1.06. The van der Waals surface area contributed by atoms with Gasteiger partial charge in [-0.3, -0.25) is 9.59 Å². The number of hydrogen-bond acceptors (Lipinski definition) is 3. The van der Waals surface area contributed by atoms with Crippen LogP contribution in [0.5, 0.6) is 0 Å². The zero-order chi connectivity index (χ0) is 21.3. The number of aromatic amines is 1. The molecule has 1 aromatic heterocycles. The van der Waals surface area contributed by atoms with Crippen molar-refractivity contribution in [2.45, 2.75) is 44.8 Å². The number of rotatable bonds is 5. The molecule has 1 unspecified atom stereocenters. The van der Waals surface area contributed by atoms with Crippen molar-refractivity contribution < 1.29 is 9.59 Å². The molecule has 1 aliphatic heterocycles. The van der Waals surface area contributed by atoms with Crippen LogP contribution in [0.2, 0.25) is 0 Å². The lowest BCUT2D eigenvalue weighted by Crippen LogP contribution is -2.57. The van der Waals surface area contributed by atoms with Gasteiger partial charge in [-0.25, -0.2) is 0 Å². The second kappa shape index (κ2) is 7.95. The molecule has 1 aliphatic rings. The van der Waals surface area contributed by atoms with Crippen molar-refractivity contribution in [3.05, 3.63) is 71.4 Å². The zero-order valence-electron chi connectivity index (χ0n) is 17.4. The lowest BCUT2D eigenvalue weighted by atomic mass is 9.97. The van der Waals surface area contributed by atoms with Crippen LogP contribution in [0.15, 0.2) is 54.7 Å². The normalized spacial score (nSPS) is 15.0. The molecular formula is C24H28N4O2. The van der Waals surface area contributed by atoms with Gasteiger partial charge in [-0.1, -0.05) is 42.5 Å². The largest absolute Gasteiger partial charge is 0.361 e. The second-order valence-corrected chi connectivity index (χ2v) is 8.59. The molecule has 30 heavy (non-hydrogen) atoms. The van der Waals surface area contributed by atoms with Crippen LogP contribution in [0.3, 0.4) is 0 Å². The van der Waals surface area contributed by atoms with Gasteiger partial charge in [-0.2, -0.15) is 0 Å². The van der Waals surface area contributed by atoms with E-state index >= 15 is 0 Å². The number of H-pyrrole nitrogens is 1. The summed E-state index contributed by atoms with van der Waals surface area (Å²) < 4.78 is 0. The summed E-state index contributed by atoms with van der Waals surface area (Å²) >= 11 is 0. The predicted molar refractivity (Wildman–Crippen MR) is 118 cm³/mol. The summed E-state index contributed by atoms with van der Waals surface area (Å²) in [7, 11) is 0. The highest BCUT2D eigenvalue weighted by Gasteiger charge is 2.32. The van der Waals surface area contributed by atoms with Crippen LogP contribution >= 0.6 is 0 Å². The third-order valence-electron chi connectivity index (χ3n) is 5.73. The van der Waals surface area contributed by atoms with E-state index in [4.69, 9.17) is 5.73 Å². The molecule has 0 saturated carbocycles. The van der Waals surface area contributed by atoms with Crippen molar-refractivity contribution >= 4 is 22.7 Å². The van der Waals surface area contributed by atoms with E-state index in [0.29, 0.717) is 19.5 Å². The monoisotopic (exact) mass is 404 g/mol. The summed E-state index contributed by atoms with van der Waals surface area (Å²) in [6.07, 6.45) is 3.14. The van der Waals surface area contributed by atoms with E-state index in [1.165, 1.54) is 5.56 Å². The van der Waals surface area contributed by atoms with Gasteiger partial charge >= 0.3 is 0 Å². The van der Waals surface area contributed by atoms with Crippen molar-refractivity contribution in [3.63, 3.8) is 0 Å². The van der Waals surface area contributed by atoms with E-state index in [1.807, 2.05) is 47.5 Å². The standard InChI is InChI=1S/C24H28N4O2/c1-24(2,25)23(30)27-21(13-18-14-26-20-10-6-5-9-19(18)20)22(29)28-12-11-16-7-3-4-8-17(16)15-28/h3-10,14,21,26H,11-13,15,25H2,1-2H3,(H,27,30). The molecule has 0 spiro atoms. The quantitative estimate of drug-likeness (QED) is 0.610. The lowest BCUT2D eigenvalue weighted by Gasteiger charge is -2.33. The molecule has 2 aromatic carbocycles. The van der Waals surface area contributed by atoms with Gasteiger partial charge < -0.3 is 20.9 Å². The Labute approximate surface area is 176 Å². The third-order valence-corrected chi connectivity index (χ3v) is 5.73. The molecule has 3 aromatic rings. The Balaban J connectivity index is 1.60. The number of nitrogens with zero attached hydrogens (tertiary/aromatic N) is 1. The highest BCUT2D eigenvalue weighted by molar-refractivity contribution is 5.92. The number of carbonyl (C=O) groups is 2. The summed E-state index contributed by atoms with van der Waals surface area (Å²) in [5.41, 5.74) is 9.37. The first-order chi connectivity index (χ1) is 14.3. The van der Waals surface area contributed by atoms with Gasteiger partial charge in [0.15, 0.2) is 0 Å². The van der Waals surface area contributed by atoms with E-state index in [0.717, 1.165) is 28.5 Å². The minimum Gasteiger partial charge on any atom is -0.361 e. The Morgan fingerprint density at radius 1 is 1.13 bits per heavy atom. The van der Waals surface area contributed by atoms with Crippen LogP contribution in [0, 0.1) is 0 Å². The van der Waals surface area contributed by atoms with Gasteiger partial charge in [0.05, 0.1) is 5.54 Å². The molecule has 1 atom stereocenters. The summed E-state index contributed by atoms with van der Waals surface area (Å²) in [6.45, 7) is 4.49. The van der Waals surface area contributed by atoms with Crippen LogP contribution in [0.4, 0.5) is 0 Å². The molecule has 0 aliphatic carbocycles. The maximum Gasteiger partial charge on any atom is 0.245 e. The van der Waals surface area contributed by atoms with E-state index in [1.54, 1.807) is 13.8 Å². The Bertz CT molecular complexity index is 1080. The summed E-state index contributed by atoms with van der Waals surface area (Å²) in [4.78, 5) is 31.2. The second-order valence-electron chi connectivity index (χ2n) is 8.59. The number of nitrogens with two attached hydrogens (primary N) is 1. The molecule has 4 rings (SSSR count). The molecular weight excluding hydrogens is 376 g/mol. The highest BCUT2D eigenvalue weighted by Crippen LogP contribution is 2.22. The number of para-hydroxylation sites is 1. The smallest absolute Gasteiger partial charge is 0.245 e. The van der Waals surface area contributed by atoms with Crippen molar-refractivity contribution in [1.82, 2.24) is 15.2 Å². The van der Waals surface area contributed by atoms with Crippen LogP contribution in [-0.4, -0.2) is 39.8 Å². The first kappa shape index (κ1) is 20.2. The predicted octanol–water partition coefficient (Wildman–Crippen LogP) is 2.52. The lowest BCUT2D eigenvalue weighted by molar-refractivity contribution is -0.138. The van der Waals surface area contributed by atoms with Gasteiger partial charge in [-0.05, 0) is 43.0 Å². The molecule has 6 nitrogen and oxygen atoms in total. The van der Waals surface area contributed by atoms with E-state index in [9.17, 15) is 9.59 Å². The van der Waals surface area contributed by atoms with Gasteiger partial charge in [0.2, 0.25) is 11.8 Å². The Morgan fingerprint density at radius 3 is 2.60 bits per heavy atom. The summed E-state index contributed by atoms with van der Waals surface area (Å²) in [5, 5.41) is 3.97.